The standard InChI is InChI=1S/C27H32ClN3O5/c1-3-4-15-31(2)26(34)19-7-5-18(6-8-19)16-30-25-20-13-14-29-17-27(21(20)9-10-22(25)28)35-23(32)11-12-24(33)36-27/h5-10,29-30H,3-4,11-17H2,1-2H3. The van der Waals surface area contributed by atoms with E-state index >= 15 is 0 Å². The molecule has 2 aromatic carbocycles. The van der Waals surface area contributed by atoms with Gasteiger partial charge in [-0.2, -0.15) is 0 Å². The minimum atomic E-state index is -1.52. The van der Waals surface area contributed by atoms with Crippen LogP contribution in [0, 0.1) is 0 Å². The third-order valence-electron chi connectivity index (χ3n) is 6.54. The molecular formula is C27H32ClN3O5. The number of nitrogens with zero attached hydrogens (tertiary/aromatic N) is 1. The number of carbonyl (C=O) groups is 3. The van der Waals surface area contributed by atoms with Crippen LogP contribution >= 0.6 is 11.6 Å². The number of anilines is 1. The van der Waals surface area contributed by atoms with Crippen molar-refractivity contribution in [2.45, 2.75) is 51.4 Å². The zero-order valence-electron chi connectivity index (χ0n) is 20.7. The fraction of sp³-hybridized carbons (Fsp3) is 0.444. The van der Waals surface area contributed by atoms with Gasteiger partial charge in [-0.25, -0.2) is 0 Å². The summed E-state index contributed by atoms with van der Waals surface area (Å²) < 4.78 is 11.4. The first-order chi connectivity index (χ1) is 17.3. The van der Waals surface area contributed by atoms with Crippen molar-refractivity contribution in [3.8, 4) is 0 Å². The molecule has 0 aliphatic carbocycles. The predicted octanol–water partition coefficient (Wildman–Crippen LogP) is 4.00. The smallest absolute Gasteiger partial charge is 0.309 e. The molecule has 0 aromatic heterocycles. The summed E-state index contributed by atoms with van der Waals surface area (Å²) in [5.41, 5.74) is 3.77. The Balaban J connectivity index is 1.55. The van der Waals surface area contributed by atoms with E-state index in [2.05, 4.69) is 17.6 Å². The van der Waals surface area contributed by atoms with E-state index in [0.29, 0.717) is 41.3 Å². The molecule has 9 heteroatoms. The van der Waals surface area contributed by atoms with Gasteiger partial charge >= 0.3 is 11.9 Å². The summed E-state index contributed by atoms with van der Waals surface area (Å²) in [6.07, 6.45) is 2.59. The maximum Gasteiger partial charge on any atom is 0.309 e. The largest absolute Gasteiger partial charge is 0.416 e. The lowest BCUT2D eigenvalue weighted by atomic mass is 9.96. The lowest BCUT2D eigenvalue weighted by molar-refractivity contribution is -0.225. The van der Waals surface area contributed by atoms with Crippen molar-refractivity contribution in [2.75, 3.05) is 32.0 Å². The second-order valence-corrected chi connectivity index (χ2v) is 9.61. The normalized spacial score (nSPS) is 16.9. The van der Waals surface area contributed by atoms with Crippen molar-refractivity contribution in [2.24, 2.45) is 0 Å². The summed E-state index contributed by atoms with van der Waals surface area (Å²) >= 11 is 6.59. The summed E-state index contributed by atoms with van der Waals surface area (Å²) in [7, 11) is 1.82. The van der Waals surface area contributed by atoms with Gasteiger partial charge in [-0.15, -0.1) is 0 Å². The molecular weight excluding hydrogens is 482 g/mol. The van der Waals surface area contributed by atoms with E-state index in [-0.39, 0.29) is 25.3 Å². The number of carbonyl (C=O) groups excluding carboxylic acids is 3. The number of esters is 2. The molecule has 0 saturated carbocycles. The average Bonchev–Trinajstić information content (AvgIpc) is 3.13. The first-order valence-corrected chi connectivity index (χ1v) is 12.8. The summed E-state index contributed by atoms with van der Waals surface area (Å²) in [4.78, 5) is 39.0. The van der Waals surface area contributed by atoms with E-state index in [9.17, 15) is 14.4 Å². The Bertz CT molecular complexity index is 1120. The van der Waals surface area contributed by atoms with E-state index in [0.717, 1.165) is 30.5 Å². The third-order valence-corrected chi connectivity index (χ3v) is 6.85. The topological polar surface area (TPSA) is 97.0 Å². The van der Waals surface area contributed by atoms with E-state index < -0.39 is 17.7 Å². The number of ether oxygens (including phenoxy) is 2. The van der Waals surface area contributed by atoms with Crippen LogP contribution in [0.1, 0.15) is 59.7 Å². The van der Waals surface area contributed by atoms with Crippen LogP contribution in [0.2, 0.25) is 5.02 Å². The van der Waals surface area contributed by atoms with Gasteiger partial charge in [-0.05, 0) is 54.8 Å². The molecule has 36 heavy (non-hydrogen) atoms. The molecule has 2 aliphatic heterocycles. The highest BCUT2D eigenvalue weighted by Crippen LogP contribution is 2.40. The van der Waals surface area contributed by atoms with Gasteiger partial charge in [-0.3, -0.25) is 14.4 Å². The summed E-state index contributed by atoms with van der Waals surface area (Å²) in [6.45, 7) is 4.07. The number of rotatable bonds is 7. The number of unbranched alkanes of at least 4 members (excludes halogenated alkanes) is 1. The van der Waals surface area contributed by atoms with E-state index in [1.54, 1.807) is 17.0 Å². The molecule has 2 aromatic rings. The fourth-order valence-electron chi connectivity index (χ4n) is 4.54. The van der Waals surface area contributed by atoms with Crippen molar-refractivity contribution in [1.82, 2.24) is 10.2 Å². The SMILES string of the molecule is CCCCN(C)C(=O)c1ccc(CNc2c(Cl)ccc3c2CCNCC32OC(=O)CCC(=O)O2)cc1. The van der Waals surface area contributed by atoms with Crippen LogP contribution < -0.4 is 10.6 Å². The summed E-state index contributed by atoms with van der Waals surface area (Å²) in [5.74, 6) is -2.47. The summed E-state index contributed by atoms with van der Waals surface area (Å²) in [5, 5.41) is 7.15. The molecule has 192 valence electrons. The lowest BCUT2D eigenvalue weighted by Gasteiger charge is -2.32. The molecule has 0 radical (unpaired) electrons. The van der Waals surface area contributed by atoms with Crippen LogP contribution in [0.15, 0.2) is 36.4 Å². The Morgan fingerprint density at radius 2 is 1.78 bits per heavy atom. The van der Waals surface area contributed by atoms with E-state index in [1.165, 1.54) is 0 Å². The highest BCUT2D eigenvalue weighted by atomic mass is 35.5. The van der Waals surface area contributed by atoms with Crippen LogP contribution in [0.3, 0.4) is 0 Å². The Hall–Kier alpha value is -3.10. The molecule has 2 N–H and O–H groups in total. The molecule has 2 heterocycles. The van der Waals surface area contributed by atoms with Gasteiger partial charge in [0.1, 0.15) is 0 Å². The Morgan fingerprint density at radius 1 is 1.08 bits per heavy atom. The minimum absolute atomic E-state index is 0.00433. The van der Waals surface area contributed by atoms with Gasteiger partial charge in [0.15, 0.2) is 0 Å². The molecule has 0 atom stereocenters. The minimum Gasteiger partial charge on any atom is -0.416 e. The van der Waals surface area contributed by atoms with Gasteiger partial charge < -0.3 is 25.0 Å². The number of halogens is 1. The van der Waals surface area contributed by atoms with Gasteiger partial charge in [0.25, 0.3) is 11.7 Å². The van der Waals surface area contributed by atoms with Crippen molar-refractivity contribution >= 4 is 35.1 Å². The Labute approximate surface area is 216 Å². The van der Waals surface area contributed by atoms with Crippen LogP contribution in [-0.2, 0) is 37.8 Å². The molecule has 1 amide bonds. The number of hydrogen-bond acceptors (Lipinski definition) is 7. The molecule has 2 aliphatic rings. The van der Waals surface area contributed by atoms with E-state index in [4.69, 9.17) is 21.1 Å². The van der Waals surface area contributed by atoms with Crippen LogP contribution in [0.5, 0.6) is 0 Å². The van der Waals surface area contributed by atoms with Crippen LogP contribution in [0.25, 0.3) is 0 Å². The Kier molecular flexibility index (Phi) is 8.16. The molecule has 1 saturated heterocycles. The molecule has 0 bridgehead atoms. The molecule has 8 nitrogen and oxygen atoms in total. The monoisotopic (exact) mass is 513 g/mol. The molecule has 1 spiro atoms. The first kappa shape index (κ1) is 26.0. The van der Waals surface area contributed by atoms with Gasteiger partial charge in [0.05, 0.1) is 30.1 Å². The van der Waals surface area contributed by atoms with Crippen molar-refractivity contribution < 1.29 is 23.9 Å². The van der Waals surface area contributed by atoms with Gasteiger partial charge in [0, 0.05) is 31.3 Å². The second-order valence-electron chi connectivity index (χ2n) is 9.21. The highest BCUT2D eigenvalue weighted by molar-refractivity contribution is 6.33. The fourth-order valence-corrected chi connectivity index (χ4v) is 4.78. The zero-order chi connectivity index (χ0) is 25.7. The number of benzene rings is 2. The van der Waals surface area contributed by atoms with E-state index in [1.807, 2.05) is 31.3 Å². The van der Waals surface area contributed by atoms with Crippen LogP contribution in [-0.4, -0.2) is 49.4 Å². The van der Waals surface area contributed by atoms with Gasteiger partial charge in [-0.1, -0.05) is 37.1 Å². The van der Waals surface area contributed by atoms with Gasteiger partial charge in [0.2, 0.25) is 0 Å². The highest BCUT2D eigenvalue weighted by Gasteiger charge is 2.46. The number of fused-ring (bicyclic) bond motifs is 2. The first-order valence-electron chi connectivity index (χ1n) is 12.4. The lowest BCUT2D eigenvalue weighted by Crippen LogP contribution is -2.43. The number of amides is 1. The summed E-state index contributed by atoms with van der Waals surface area (Å²) in [6, 6.07) is 11.0. The molecule has 0 unspecified atom stereocenters. The van der Waals surface area contributed by atoms with Crippen molar-refractivity contribution in [3.05, 3.63) is 63.7 Å². The molecule has 1 fully saturated rings. The average molecular weight is 514 g/mol. The number of nitrogens with one attached hydrogen (secondary N) is 2. The van der Waals surface area contributed by atoms with Crippen molar-refractivity contribution in [1.29, 1.82) is 0 Å². The zero-order valence-corrected chi connectivity index (χ0v) is 21.5. The third kappa shape index (κ3) is 5.65. The predicted molar refractivity (Wildman–Crippen MR) is 137 cm³/mol. The number of hydrogen-bond donors (Lipinski definition) is 2. The maximum absolute atomic E-state index is 12.6. The van der Waals surface area contributed by atoms with Crippen molar-refractivity contribution in [3.63, 3.8) is 0 Å². The Morgan fingerprint density at radius 3 is 2.44 bits per heavy atom. The van der Waals surface area contributed by atoms with Crippen LogP contribution in [0.4, 0.5) is 5.69 Å². The second kappa shape index (κ2) is 11.3. The quantitative estimate of drug-likeness (QED) is 0.540. The maximum atomic E-state index is 12.6. The molecule has 4 rings (SSSR count).